The molecular weight excluding hydrogens is 663 g/mol. The first-order valence-corrected chi connectivity index (χ1v) is 16.2. The van der Waals surface area contributed by atoms with Crippen molar-refractivity contribution in [1.82, 2.24) is 9.97 Å². The Morgan fingerprint density at radius 3 is 2.04 bits per heavy atom. The molecule has 4 aromatic rings. The van der Waals surface area contributed by atoms with E-state index >= 15 is 0 Å². The minimum atomic E-state index is -5.07. The number of ketones is 1. The second-order valence-corrected chi connectivity index (χ2v) is 13.7. The SMILES string of the molecule is O=C(c1cc(C(F)(F)F)cc(C(F)(F)F)c1)c1ncc(CC(CC[N+]23CCC(c4ccccc4)(CC2)CC3)c2ccc(Cl)c(Cl)c2)[nH]1. The van der Waals surface area contributed by atoms with Gasteiger partial charge in [0.05, 0.1) is 47.4 Å². The quantitative estimate of drug-likeness (QED) is 0.108. The molecule has 248 valence electrons. The molecule has 3 aromatic carbocycles. The molecule has 0 saturated carbocycles. The Bertz CT molecular complexity index is 1710. The van der Waals surface area contributed by atoms with Crippen LogP contribution in [0.25, 0.3) is 0 Å². The number of hydrogen-bond acceptors (Lipinski definition) is 2. The van der Waals surface area contributed by atoms with E-state index in [0.717, 1.165) is 61.9 Å². The Hall–Kier alpha value is -3.34. The second kappa shape index (κ2) is 12.6. The number of piperidine rings is 3. The van der Waals surface area contributed by atoms with Crippen LogP contribution in [0.5, 0.6) is 0 Å². The molecule has 0 spiro atoms. The first-order chi connectivity index (χ1) is 22.2. The van der Waals surface area contributed by atoms with Crippen molar-refractivity contribution in [3.8, 4) is 0 Å². The number of hydrogen-bond donors (Lipinski definition) is 1. The van der Waals surface area contributed by atoms with E-state index in [4.69, 9.17) is 23.2 Å². The number of imidazole rings is 1. The fourth-order valence-electron chi connectivity index (χ4n) is 7.27. The normalized spacial score (nSPS) is 22.0. The van der Waals surface area contributed by atoms with E-state index in [0.29, 0.717) is 34.3 Å². The van der Waals surface area contributed by atoms with Gasteiger partial charge >= 0.3 is 12.4 Å². The van der Waals surface area contributed by atoms with E-state index in [1.54, 1.807) is 6.07 Å². The van der Waals surface area contributed by atoms with Crippen LogP contribution in [-0.4, -0.2) is 46.4 Å². The van der Waals surface area contributed by atoms with E-state index in [-0.39, 0.29) is 23.2 Å². The fourth-order valence-corrected chi connectivity index (χ4v) is 7.58. The summed E-state index contributed by atoms with van der Waals surface area (Å²) in [4.78, 5) is 20.1. The predicted octanol–water partition coefficient (Wildman–Crippen LogP) is 9.65. The van der Waals surface area contributed by atoms with Crippen LogP contribution in [0, 0.1) is 0 Å². The topological polar surface area (TPSA) is 45.8 Å². The van der Waals surface area contributed by atoms with Gasteiger partial charge in [-0.15, -0.1) is 0 Å². The largest absolute Gasteiger partial charge is 0.416 e. The number of halogens is 8. The summed E-state index contributed by atoms with van der Waals surface area (Å²) in [6.07, 6.45) is -4.22. The van der Waals surface area contributed by atoms with Gasteiger partial charge in [0.1, 0.15) is 0 Å². The first-order valence-electron chi connectivity index (χ1n) is 15.4. The minimum absolute atomic E-state index is 0.00945. The second-order valence-electron chi connectivity index (χ2n) is 12.9. The van der Waals surface area contributed by atoms with Crippen molar-refractivity contribution in [3.63, 3.8) is 0 Å². The predicted molar refractivity (Wildman–Crippen MR) is 168 cm³/mol. The van der Waals surface area contributed by atoms with Gasteiger partial charge in [-0.25, -0.2) is 4.98 Å². The number of fused-ring (bicyclic) bond motifs is 3. The van der Waals surface area contributed by atoms with Gasteiger partial charge in [-0.05, 0) is 53.8 Å². The maximum atomic E-state index is 13.4. The molecule has 3 aliphatic rings. The number of nitrogens with zero attached hydrogens (tertiary/aromatic N) is 2. The fraction of sp³-hybridized carbons (Fsp3) is 0.371. The standard InChI is InChI=1S/C35H31Cl2F6N3O/c36-29-7-6-22(19-30(29)37)23(8-12-46-13-9-33(10-14-46,11-15-46)25-4-2-1-3-5-25)18-28-21-44-32(45-28)31(47)24-16-26(34(38,39)40)20-27(17-24)35(41,42)43/h1-7,16-17,19-21,23H,8-15,18H2/p+1. The van der Waals surface area contributed by atoms with E-state index < -0.39 is 34.8 Å². The lowest BCUT2D eigenvalue weighted by Gasteiger charge is -2.55. The van der Waals surface area contributed by atoms with Crippen molar-refractivity contribution in [2.45, 2.75) is 55.8 Å². The van der Waals surface area contributed by atoms with Gasteiger partial charge < -0.3 is 9.47 Å². The molecular formula is C35H32Cl2F6N3O+. The zero-order valence-corrected chi connectivity index (χ0v) is 26.7. The van der Waals surface area contributed by atoms with E-state index in [1.807, 2.05) is 18.2 Å². The molecule has 12 heteroatoms. The summed E-state index contributed by atoms with van der Waals surface area (Å²) in [5.41, 5.74) is -0.795. The number of carbonyl (C=O) groups excluding carboxylic acids is 1. The highest BCUT2D eigenvalue weighted by atomic mass is 35.5. The van der Waals surface area contributed by atoms with Gasteiger partial charge in [0.25, 0.3) is 0 Å². The summed E-state index contributed by atoms with van der Waals surface area (Å²) < 4.78 is 81.4. The molecule has 0 aliphatic carbocycles. The summed E-state index contributed by atoms with van der Waals surface area (Å²) in [7, 11) is 0. The van der Waals surface area contributed by atoms with Crippen molar-refractivity contribution < 1.29 is 35.6 Å². The third kappa shape index (κ3) is 7.10. The molecule has 1 unspecified atom stereocenters. The van der Waals surface area contributed by atoms with Gasteiger partial charge in [0, 0.05) is 48.6 Å². The number of aromatic amines is 1. The van der Waals surface area contributed by atoms with Crippen LogP contribution in [0.4, 0.5) is 26.3 Å². The van der Waals surface area contributed by atoms with Gasteiger partial charge in [-0.2, -0.15) is 26.3 Å². The average Bonchev–Trinajstić information content (AvgIpc) is 3.53. The van der Waals surface area contributed by atoms with Crippen molar-refractivity contribution in [1.29, 1.82) is 0 Å². The number of H-pyrrole nitrogens is 1. The Labute approximate surface area is 278 Å². The van der Waals surface area contributed by atoms with Crippen molar-refractivity contribution in [2.75, 3.05) is 26.2 Å². The van der Waals surface area contributed by atoms with Crippen LogP contribution in [0.3, 0.4) is 0 Å². The van der Waals surface area contributed by atoms with Gasteiger partial charge in [-0.1, -0.05) is 59.6 Å². The molecule has 7 rings (SSSR count). The molecule has 4 heterocycles. The highest BCUT2D eigenvalue weighted by molar-refractivity contribution is 6.42. The van der Waals surface area contributed by atoms with E-state index in [1.165, 1.54) is 11.8 Å². The summed E-state index contributed by atoms with van der Waals surface area (Å²) >= 11 is 12.6. The molecule has 1 N–H and O–H groups in total. The number of benzene rings is 3. The third-order valence-electron chi connectivity index (χ3n) is 10.1. The maximum absolute atomic E-state index is 13.4. The zero-order valence-electron chi connectivity index (χ0n) is 25.2. The number of aromatic nitrogens is 2. The zero-order chi connectivity index (χ0) is 33.6. The van der Waals surface area contributed by atoms with Crippen molar-refractivity contribution in [3.05, 3.63) is 122 Å². The van der Waals surface area contributed by atoms with Gasteiger partial charge in [0.15, 0.2) is 5.82 Å². The lowest BCUT2D eigenvalue weighted by atomic mass is 9.66. The number of carbonyl (C=O) groups is 1. The Kier molecular flexibility index (Phi) is 9.00. The minimum Gasteiger partial charge on any atom is -0.339 e. The molecule has 0 radical (unpaired) electrons. The molecule has 3 fully saturated rings. The number of rotatable bonds is 9. The number of alkyl halides is 6. The van der Waals surface area contributed by atoms with Crippen molar-refractivity contribution in [2.24, 2.45) is 0 Å². The molecule has 0 amide bonds. The molecule has 1 aromatic heterocycles. The van der Waals surface area contributed by atoms with Crippen LogP contribution in [0.15, 0.2) is 72.9 Å². The van der Waals surface area contributed by atoms with Crippen LogP contribution in [-0.2, 0) is 24.2 Å². The molecule has 47 heavy (non-hydrogen) atoms. The van der Waals surface area contributed by atoms with Crippen molar-refractivity contribution >= 4 is 29.0 Å². The Balaban J connectivity index is 1.21. The molecule has 3 aliphatic heterocycles. The monoisotopic (exact) mass is 694 g/mol. The Morgan fingerprint density at radius 2 is 1.47 bits per heavy atom. The molecule has 2 bridgehead atoms. The highest BCUT2D eigenvalue weighted by Crippen LogP contribution is 2.47. The first kappa shape index (κ1) is 33.6. The molecule has 4 nitrogen and oxygen atoms in total. The lowest BCUT2D eigenvalue weighted by molar-refractivity contribution is -0.943. The van der Waals surface area contributed by atoms with Gasteiger partial charge in [0.2, 0.25) is 5.78 Å². The summed E-state index contributed by atoms with van der Waals surface area (Å²) in [5.74, 6) is -1.49. The lowest BCUT2D eigenvalue weighted by Crippen LogP contribution is -2.63. The number of nitrogens with one attached hydrogen (secondary N) is 1. The average molecular weight is 696 g/mol. The van der Waals surface area contributed by atoms with E-state index in [9.17, 15) is 31.1 Å². The molecule has 1 atom stereocenters. The summed E-state index contributed by atoms with van der Waals surface area (Å²) in [6.45, 7) is 4.13. The highest BCUT2D eigenvalue weighted by Gasteiger charge is 2.49. The van der Waals surface area contributed by atoms with Crippen LogP contribution >= 0.6 is 23.2 Å². The van der Waals surface area contributed by atoms with Crippen LogP contribution in [0.1, 0.15) is 75.7 Å². The van der Waals surface area contributed by atoms with Crippen LogP contribution < -0.4 is 0 Å². The summed E-state index contributed by atoms with van der Waals surface area (Å²) in [6, 6.07) is 17.0. The third-order valence-corrected chi connectivity index (χ3v) is 10.8. The number of quaternary nitrogens is 1. The van der Waals surface area contributed by atoms with Gasteiger partial charge in [-0.3, -0.25) is 4.79 Å². The maximum Gasteiger partial charge on any atom is 0.416 e. The van der Waals surface area contributed by atoms with E-state index in [2.05, 4.69) is 34.2 Å². The smallest absolute Gasteiger partial charge is 0.339 e. The Morgan fingerprint density at radius 1 is 0.851 bits per heavy atom. The van der Waals surface area contributed by atoms with Crippen LogP contribution in [0.2, 0.25) is 10.0 Å². The summed E-state index contributed by atoms with van der Waals surface area (Å²) in [5, 5.41) is 0.810. The molecule has 3 saturated heterocycles.